The molecule has 0 aromatic heterocycles. The number of rotatable bonds is 4. The van der Waals surface area contributed by atoms with Crippen LogP contribution in [0.2, 0.25) is 0 Å². The lowest BCUT2D eigenvalue weighted by Gasteiger charge is -2.23. The summed E-state index contributed by atoms with van der Waals surface area (Å²) in [6.07, 6.45) is 8.78. The first-order valence-corrected chi connectivity index (χ1v) is 8.43. The van der Waals surface area contributed by atoms with Gasteiger partial charge in [0.05, 0.1) is 0 Å². The smallest absolute Gasteiger partial charge is 0.123 e. The Hall–Kier alpha value is -1.09. The number of hydrogen-bond donors (Lipinski definition) is 1. The maximum atomic E-state index is 13.3. The largest absolute Gasteiger partial charge is 0.490 e. The fourth-order valence-corrected chi connectivity index (χ4v) is 3.94. The average Bonchev–Trinajstić information content (AvgIpc) is 2.70. The topological polar surface area (TPSA) is 21.3 Å². The van der Waals surface area contributed by atoms with Crippen LogP contribution in [0.15, 0.2) is 18.2 Å². The Bertz CT molecular complexity index is 476. The Labute approximate surface area is 127 Å². The minimum Gasteiger partial charge on any atom is -0.490 e. The van der Waals surface area contributed by atoms with Crippen LogP contribution >= 0.6 is 0 Å². The van der Waals surface area contributed by atoms with Gasteiger partial charge in [-0.1, -0.05) is 26.2 Å². The molecule has 0 radical (unpaired) electrons. The van der Waals surface area contributed by atoms with E-state index in [1.54, 1.807) is 12.1 Å². The molecule has 1 aliphatic heterocycles. The fraction of sp³-hybridized carbons (Fsp3) is 0.667. The number of fused-ring (bicyclic) bond motifs is 1. The van der Waals surface area contributed by atoms with E-state index in [1.807, 2.05) is 0 Å². The molecule has 1 heterocycles. The predicted molar refractivity (Wildman–Crippen MR) is 83.2 cm³/mol. The monoisotopic (exact) mass is 291 g/mol. The van der Waals surface area contributed by atoms with Crippen molar-refractivity contribution in [2.45, 2.75) is 64.0 Å². The molecule has 3 heteroatoms. The molecule has 21 heavy (non-hydrogen) atoms. The summed E-state index contributed by atoms with van der Waals surface area (Å²) in [5.74, 6) is 1.47. The van der Waals surface area contributed by atoms with E-state index in [0.717, 1.165) is 36.6 Å². The minimum atomic E-state index is -0.153. The Morgan fingerprint density at radius 2 is 2.14 bits per heavy atom. The fourth-order valence-electron chi connectivity index (χ4n) is 3.94. The zero-order valence-electron chi connectivity index (χ0n) is 12.9. The minimum absolute atomic E-state index is 0.153. The lowest BCUT2D eigenvalue weighted by molar-refractivity contribution is 0.183. The highest BCUT2D eigenvalue weighted by Gasteiger charge is 2.28. The first-order valence-electron chi connectivity index (χ1n) is 8.43. The number of benzene rings is 1. The maximum absolute atomic E-state index is 13.3. The highest BCUT2D eigenvalue weighted by atomic mass is 19.1. The summed E-state index contributed by atoms with van der Waals surface area (Å²) in [5, 5.41) is 3.61. The van der Waals surface area contributed by atoms with E-state index in [0.29, 0.717) is 6.04 Å². The molecular weight excluding hydrogens is 265 g/mol. The second-order valence-electron chi connectivity index (χ2n) is 6.57. The van der Waals surface area contributed by atoms with Crippen LogP contribution in [-0.2, 0) is 6.42 Å². The SMILES string of the molecule is CCNC1CCCCC(CC2Cc3cc(F)ccc3O2)C1. The molecule has 0 bridgehead atoms. The highest BCUT2D eigenvalue weighted by Crippen LogP contribution is 2.34. The molecule has 0 amide bonds. The van der Waals surface area contributed by atoms with Crippen molar-refractivity contribution in [2.24, 2.45) is 5.92 Å². The van der Waals surface area contributed by atoms with Crippen molar-refractivity contribution in [1.29, 1.82) is 0 Å². The van der Waals surface area contributed by atoms with Gasteiger partial charge in [0.2, 0.25) is 0 Å². The molecule has 0 saturated heterocycles. The number of hydrogen-bond acceptors (Lipinski definition) is 2. The average molecular weight is 291 g/mol. The summed E-state index contributed by atoms with van der Waals surface area (Å²) in [7, 11) is 0. The number of ether oxygens (including phenoxy) is 1. The Morgan fingerprint density at radius 1 is 1.29 bits per heavy atom. The summed E-state index contributed by atoms with van der Waals surface area (Å²) in [6, 6.07) is 5.57. The zero-order valence-corrected chi connectivity index (χ0v) is 12.9. The third-order valence-corrected chi connectivity index (χ3v) is 4.89. The van der Waals surface area contributed by atoms with E-state index in [-0.39, 0.29) is 11.9 Å². The van der Waals surface area contributed by atoms with Crippen molar-refractivity contribution >= 4 is 0 Å². The Kier molecular flexibility index (Phi) is 4.79. The molecular formula is C18H26FNO. The molecule has 1 aromatic carbocycles. The van der Waals surface area contributed by atoms with E-state index in [9.17, 15) is 4.39 Å². The Balaban J connectivity index is 1.57. The third-order valence-electron chi connectivity index (χ3n) is 4.89. The van der Waals surface area contributed by atoms with Crippen molar-refractivity contribution in [3.8, 4) is 5.75 Å². The molecule has 2 nitrogen and oxygen atoms in total. The first-order chi connectivity index (χ1) is 10.2. The molecule has 3 atom stereocenters. The van der Waals surface area contributed by atoms with Crippen LogP contribution in [0.5, 0.6) is 5.75 Å². The van der Waals surface area contributed by atoms with Gasteiger partial charge in [-0.15, -0.1) is 0 Å². The summed E-state index contributed by atoms with van der Waals surface area (Å²) in [5.41, 5.74) is 1.04. The zero-order chi connectivity index (χ0) is 14.7. The van der Waals surface area contributed by atoms with Crippen LogP contribution in [0.25, 0.3) is 0 Å². The van der Waals surface area contributed by atoms with Gasteiger partial charge in [0.1, 0.15) is 17.7 Å². The number of halogens is 1. The maximum Gasteiger partial charge on any atom is 0.123 e. The Morgan fingerprint density at radius 3 is 3.00 bits per heavy atom. The van der Waals surface area contributed by atoms with Crippen LogP contribution in [0.1, 0.15) is 51.0 Å². The van der Waals surface area contributed by atoms with E-state index >= 15 is 0 Å². The van der Waals surface area contributed by atoms with Gasteiger partial charge in [0.25, 0.3) is 0 Å². The van der Waals surface area contributed by atoms with Crippen molar-refractivity contribution in [3.63, 3.8) is 0 Å². The molecule has 1 saturated carbocycles. The summed E-state index contributed by atoms with van der Waals surface area (Å²) >= 11 is 0. The van der Waals surface area contributed by atoms with Gasteiger partial charge < -0.3 is 10.1 Å². The van der Waals surface area contributed by atoms with Gasteiger partial charge >= 0.3 is 0 Å². The second kappa shape index (κ2) is 6.78. The highest BCUT2D eigenvalue weighted by molar-refractivity contribution is 5.37. The van der Waals surface area contributed by atoms with Crippen LogP contribution in [0, 0.1) is 11.7 Å². The molecule has 0 spiro atoms. The molecule has 3 rings (SSSR count). The summed E-state index contributed by atoms with van der Waals surface area (Å²) in [4.78, 5) is 0. The quantitative estimate of drug-likeness (QED) is 0.844. The van der Waals surface area contributed by atoms with Crippen LogP contribution in [0.3, 0.4) is 0 Å². The second-order valence-corrected chi connectivity index (χ2v) is 6.57. The lowest BCUT2D eigenvalue weighted by Crippen LogP contribution is -2.31. The molecule has 3 unspecified atom stereocenters. The third kappa shape index (κ3) is 3.76. The molecule has 2 aliphatic rings. The van der Waals surface area contributed by atoms with Crippen molar-refractivity contribution in [3.05, 3.63) is 29.6 Å². The predicted octanol–water partition coefficient (Wildman–Crippen LogP) is 4.08. The van der Waals surface area contributed by atoms with Crippen LogP contribution in [-0.4, -0.2) is 18.7 Å². The van der Waals surface area contributed by atoms with Gasteiger partial charge in [0.15, 0.2) is 0 Å². The first kappa shape index (κ1) is 14.8. The van der Waals surface area contributed by atoms with E-state index in [1.165, 1.54) is 38.2 Å². The van der Waals surface area contributed by atoms with Crippen molar-refractivity contribution in [2.75, 3.05) is 6.54 Å². The number of nitrogens with one attached hydrogen (secondary N) is 1. The van der Waals surface area contributed by atoms with Gasteiger partial charge in [-0.3, -0.25) is 0 Å². The van der Waals surface area contributed by atoms with Gasteiger partial charge in [0, 0.05) is 18.0 Å². The normalized spacial score (nSPS) is 28.8. The van der Waals surface area contributed by atoms with E-state index in [2.05, 4.69) is 12.2 Å². The molecule has 1 fully saturated rings. The van der Waals surface area contributed by atoms with Crippen LogP contribution < -0.4 is 10.1 Å². The lowest BCUT2D eigenvalue weighted by atomic mass is 9.90. The summed E-state index contributed by atoms with van der Waals surface area (Å²) in [6.45, 7) is 3.24. The van der Waals surface area contributed by atoms with E-state index < -0.39 is 0 Å². The van der Waals surface area contributed by atoms with Crippen LogP contribution in [0.4, 0.5) is 4.39 Å². The van der Waals surface area contributed by atoms with E-state index in [4.69, 9.17) is 4.74 Å². The molecule has 116 valence electrons. The van der Waals surface area contributed by atoms with Gasteiger partial charge in [-0.2, -0.15) is 0 Å². The molecule has 1 N–H and O–H groups in total. The standard InChI is InChI=1S/C18H26FNO/c1-2-20-16-6-4-3-5-13(9-16)10-17-12-14-11-15(19)7-8-18(14)21-17/h7-8,11,13,16-17,20H,2-6,9-10,12H2,1H3. The van der Waals surface area contributed by atoms with Crippen molar-refractivity contribution in [1.82, 2.24) is 5.32 Å². The molecule has 1 aromatic rings. The van der Waals surface area contributed by atoms with Gasteiger partial charge in [-0.25, -0.2) is 4.39 Å². The van der Waals surface area contributed by atoms with Gasteiger partial charge in [-0.05, 0) is 49.9 Å². The summed E-state index contributed by atoms with van der Waals surface area (Å²) < 4.78 is 19.3. The molecule has 1 aliphatic carbocycles. The van der Waals surface area contributed by atoms with Crippen molar-refractivity contribution < 1.29 is 9.13 Å².